The quantitative estimate of drug-likeness (QED) is 0.610. The molecule has 0 bridgehead atoms. The number of pyridine rings is 1. The predicted molar refractivity (Wildman–Crippen MR) is 94.4 cm³/mol. The summed E-state index contributed by atoms with van der Waals surface area (Å²) >= 11 is 9.07. The van der Waals surface area contributed by atoms with Crippen molar-refractivity contribution in [3.8, 4) is 5.75 Å². The van der Waals surface area contributed by atoms with Gasteiger partial charge in [0.2, 0.25) is 0 Å². The molecule has 0 saturated carbocycles. The second-order valence-electron chi connectivity index (χ2n) is 4.83. The third-order valence-corrected chi connectivity index (χ3v) is 3.82. The SMILES string of the molecule is O=C(Nc1ccc(Cl)nc1)c1ccc(COc2ccc(Br)cc2)o1. The van der Waals surface area contributed by atoms with Gasteiger partial charge < -0.3 is 14.5 Å². The lowest BCUT2D eigenvalue weighted by Gasteiger charge is -2.04. The third-order valence-electron chi connectivity index (χ3n) is 3.07. The third kappa shape index (κ3) is 4.37. The van der Waals surface area contributed by atoms with Gasteiger partial charge in [0.25, 0.3) is 5.91 Å². The minimum Gasteiger partial charge on any atom is -0.486 e. The first-order valence-corrected chi connectivity index (χ1v) is 8.17. The largest absolute Gasteiger partial charge is 0.486 e. The van der Waals surface area contributed by atoms with Gasteiger partial charge in [0.05, 0.1) is 11.9 Å². The number of hydrogen-bond donors (Lipinski definition) is 1. The van der Waals surface area contributed by atoms with Gasteiger partial charge in [-0.15, -0.1) is 0 Å². The van der Waals surface area contributed by atoms with Crippen LogP contribution in [0.1, 0.15) is 16.3 Å². The number of furan rings is 1. The molecule has 0 fully saturated rings. The molecule has 2 aromatic heterocycles. The van der Waals surface area contributed by atoms with Gasteiger partial charge in [-0.2, -0.15) is 0 Å². The molecule has 7 heteroatoms. The van der Waals surface area contributed by atoms with Gasteiger partial charge in [0.1, 0.15) is 23.3 Å². The summed E-state index contributed by atoms with van der Waals surface area (Å²) in [4.78, 5) is 16.0. The van der Waals surface area contributed by atoms with E-state index >= 15 is 0 Å². The van der Waals surface area contributed by atoms with E-state index in [0.717, 1.165) is 4.47 Å². The summed E-state index contributed by atoms with van der Waals surface area (Å²) in [5, 5.41) is 3.04. The molecule has 0 radical (unpaired) electrons. The fraction of sp³-hybridized carbons (Fsp3) is 0.0588. The highest BCUT2D eigenvalue weighted by Gasteiger charge is 2.12. The fourth-order valence-electron chi connectivity index (χ4n) is 1.91. The number of rotatable bonds is 5. The Morgan fingerprint density at radius 2 is 1.96 bits per heavy atom. The number of ether oxygens (including phenoxy) is 1. The van der Waals surface area contributed by atoms with Crippen molar-refractivity contribution in [2.45, 2.75) is 6.61 Å². The van der Waals surface area contributed by atoms with E-state index in [1.807, 2.05) is 24.3 Å². The van der Waals surface area contributed by atoms with Crippen LogP contribution in [-0.2, 0) is 6.61 Å². The van der Waals surface area contributed by atoms with E-state index in [1.165, 1.54) is 6.20 Å². The molecule has 3 aromatic rings. The first-order chi connectivity index (χ1) is 11.6. The number of nitrogens with zero attached hydrogens (tertiary/aromatic N) is 1. The maximum atomic E-state index is 12.1. The highest BCUT2D eigenvalue weighted by atomic mass is 79.9. The topological polar surface area (TPSA) is 64.4 Å². The number of carbonyl (C=O) groups is 1. The zero-order valence-electron chi connectivity index (χ0n) is 12.3. The van der Waals surface area contributed by atoms with E-state index in [2.05, 4.69) is 26.2 Å². The van der Waals surface area contributed by atoms with Crippen LogP contribution in [0.4, 0.5) is 5.69 Å². The number of halogens is 2. The van der Waals surface area contributed by atoms with Crippen molar-refractivity contribution in [2.24, 2.45) is 0 Å². The zero-order valence-corrected chi connectivity index (χ0v) is 14.7. The monoisotopic (exact) mass is 406 g/mol. The second kappa shape index (κ2) is 7.51. The number of anilines is 1. The molecule has 0 atom stereocenters. The van der Waals surface area contributed by atoms with Crippen LogP contribution in [0.25, 0.3) is 0 Å². The van der Waals surface area contributed by atoms with Gasteiger partial charge in [0.15, 0.2) is 5.76 Å². The standard InChI is InChI=1S/C17H12BrClN2O3/c18-11-1-4-13(5-2-11)23-10-14-6-7-15(24-14)17(22)21-12-3-8-16(19)20-9-12/h1-9H,10H2,(H,21,22). The number of hydrogen-bond acceptors (Lipinski definition) is 4. The van der Waals surface area contributed by atoms with Gasteiger partial charge in [-0.3, -0.25) is 4.79 Å². The molecule has 0 aliphatic heterocycles. The van der Waals surface area contributed by atoms with Crippen molar-refractivity contribution in [1.29, 1.82) is 0 Å². The van der Waals surface area contributed by atoms with Crippen LogP contribution in [-0.4, -0.2) is 10.9 Å². The molecule has 0 aliphatic carbocycles. The average molecular weight is 408 g/mol. The van der Waals surface area contributed by atoms with Crippen LogP contribution in [0.3, 0.4) is 0 Å². The van der Waals surface area contributed by atoms with Gasteiger partial charge in [0, 0.05) is 4.47 Å². The number of carbonyl (C=O) groups excluding carboxylic acids is 1. The van der Waals surface area contributed by atoms with Crippen molar-refractivity contribution in [1.82, 2.24) is 4.98 Å². The van der Waals surface area contributed by atoms with Gasteiger partial charge in [-0.05, 0) is 48.5 Å². The van der Waals surface area contributed by atoms with E-state index in [1.54, 1.807) is 24.3 Å². The molecule has 122 valence electrons. The lowest BCUT2D eigenvalue weighted by atomic mass is 10.3. The molecule has 0 spiro atoms. The van der Waals surface area contributed by atoms with E-state index < -0.39 is 0 Å². The summed E-state index contributed by atoms with van der Waals surface area (Å²) in [6, 6.07) is 14.0. The second-order valence-corrected chi connectivity index (χ2v) is 6.14. The lowest BCUT2D eigenvalue weighted by Crippen LogP contribution is -2.11. The molecule has 1 aromatic carbocycles. The smallest absolute Gasteiger partial charge is 0.291 e. The van der Waals surface area contributed by atoms with Gasteiger partial charge in [-0.1, -0.05) is 27.5 Å². The summed E-state index contributed by atoms with van der Waals surface area (Å²) in [6.07, 6.45) is 1.47. The molecule has 1 N–H and O–H groups in total. The highest BCUT2D eigenvalue weighted by molar-refractivity contribution is 9.10. The Morgan fingerprint density at radius 1 is 1.17 bits per heavy atom. The van der Waals surface area contributed by atoms with Crippen LogP contribution < -0.4 is 10.1 Å². The number of amides is 1. The summed E-state index contributed by atoms with van der Waals surface area (Å²) in [5.41, 5.74) is 0.536. The van der Waals surface area contributed by atoms with Crippen LogP contribution in [0.2, 0.25) is 5.15 Å². The first-order valence-electron chi connectivity index (χ1n) is 7.00. The van der Waals surface area contributed by atoms with Crippen molar-refractivity contribution in [3.05, 3.63) is 75.9 Å². The van der Waals surface area contributed by atoms with Crippen LogP contribution in [0.5, 0.6) is 5.75 Å². The zero-order chi connectivity index (χ0) is 16.9. The van der Waals surface area contributed by atoms with E-state index in [0.29, 0.717) is 22.4 Å². The Kier molecular flexibility index (Phi) is 5.17. The van der Waals surface area contributed by atoms with Crippen molar-refractivity contribution in [3.63, 3.8) is 0 Å². The van der Waals surface area contributed by atoms with Crippen molar-refractivity contribution < 1.29 is 13.9 Å². The Hall–Kier alpha value is -2.31. The molecule has 3 rings (SSSR count). The molecule has 5 nitrogen and oxygen atoms in total. The summed E-state index contributed by atoms with van der Waals surface area (Å²) in [6.45, 7) is 0.234. The Labute approximate surface area is 151 Å². The minimum atomic E-state index is -0.367. The Balaban J connectivity index is 1.59. The highest BCUT2D eigenvalue weighted by Crippen LogP contribution is 2.18. The molecule has 24 heavy (non-hydrogen) atoms. The van der Waals surface area contributed by atoms with E-state index in [9.17, 15) is 4.79 Å². The van der Waals surface area contributed by atoms with Crippen LogP contribution in [0.15, 0.2) is 63.6 Å². The van der Waals surface area contributed by atoms with Crippen molar-refractivity contribution >= 4 is 39.1 Å². The predicted octanol–water partition coefficient (Wildman–Crippen LogP) is 4.92. The Morgan fingerprint density at radius 3 is 2.67 bits per heavy atom. The molecule has 1 amide bonds. The molecular formula is C17H12BrClN2O3. The molecule has 0 unspecified atom stereocenters. The normalized spacial score (nSPS) is 10.4. The number of nitrogens with one attached hydrogen (secondary N) is 1. The first kappa shape index (κ1) is 16.5. The van der Waals surface area contributed by atoms with Gasteiger partial charge in [-0.25, -0.2) is 4.98 Å². The van der Waals surface area contributed by atoms with Crippen LogP contribution >= 0.6 is 27.5 Å². The van der Waals surface area contributed by atoms with Gasteiger partial charge >= 0.3 is 0 Å². The average Bonchev–Trinajstić information content (AvgIpc) is 3.06. The summed E-state index contributed by atoms with van der Waals surface area (Å²) in [5.74, 6) is 1.10. The molecule has 0 aliphatic rings. The van der Waals surface area contributed by atoms with Crippen molar-refractivity contribution in [2.75, 3.05) is 5.32 Å². The van der Waals surface area contributed by atoms with E-state index in [4.69, 9.17) is 20.8 Å². The molecule has 0 saturated heterocycles. The van der Waals surface area contributed by atoms with E-state index in [-0.39, 0.29) is 18.3 Å². The molecular weight excluding hydrogens is 396 g/mol. The number of benzene rings is 1. The maximum absolute atomic E-state index is 12.1. The fourth-order valence-corrected chi connectivity index (χ4v) is 2.28. The minimum absolute atomic E-state index is 0.194. The summed E-state index contributed by atoms with van der Waals surface area (Å²) in [7, 11) is 0. The van der Waals surface area contributed by atoms with Crippen LogP contribution in [0, 0.1) is 0 Å². The molecule has 2 heterocycles. The summed E-state index contributed by atoms with van der Waals surface area (Å²) < 4.78 is 12.1. The Bertz CT molecular complexity index is 832. The lowest BCUT2D eigenvalue weighted by molar-refractivity contribution is 0.0992. The maximum Gasteiger partial charge on any atom is 0.291 e. The number of aromatic nitrogens is 1.